The lowest BCUT2D eigenvalue weighted by atomic mass is 10.2. The summed E-state index contributed by atoms with van der Waals surface area (Å²) in [4.78, 5) is 6.47. The fraction of sp³-hybridized carbons (Fsp3) is 0.312. The molecule has 0 unspecified atom stereocenters. The van der Waals surface area contributed by atoms with E-state index in [1.165, 1.54) is 6.07 Å². The smallest absolute Gasteiger partial charge is 0.196 e. The fourth-order valence-electron chi connectivity index (χ4n) is 2.36. The molecule has 1 aliphatic rings. The molecule has 4 nitrogen and oxygen atoms in total. The number of aromatic nitrogens is 1. The largest absolute Gasteiger partial charge is 0.465 e. The molecule has 0 spiro atoms. The first-order valence-electron chi connectivity index (χ1n) is 7.09. The third kappa shape index (κ3) is 3.45. The first-order valence-corrected chi connectivity index (χ1v) is 7.88. The Balaban J connectivity index is 1.91. The Morgan fingerprint density at radius 2 is 2.00 bits per heavy atom. The van der Waals surface area contributed by atoms with Crippen LogP contribution in [-0.2, 0) is 4.74 Å². The van der Waals surface area contributed by atoms with Crippen LogP contribution in [0.2, 0.25) is 0 Å². The Bertz CT molecular complexity index is 601. The first kappa shape index (κ1) is 15.4. The van der Waals surface area contributed by atoms with Crippen LogP contribution in [0.3, 0.4) is 0 Å². The van der Waals surface area contributed by atoms with Crippen LogP contribution in [-0.4, -0.2) is 36.2 Å². The van der Waals surface area contributed by atoms with Gasteiger partial charge in [-0.1, -0.05) is 12.1 Å². The van der Waals surface area contributed by atoms with Gasteiger partial charge in [-0.05, 0) is 40.2 Å². The maximum absolute atomic E-state index is 14.1. The van der Waals surface area contributed by atoms with Crippen molar-refractivity contribution in [3.8, 4) is 5.75 Å². The monoisotopic (exact) mass is 366 g/mol. The fourth-order valence-corrected chi connectivity index (χ4v) is 2.80. The van der Waals surface area contributed by atoms with Gasteiger partial charge in [-0.25, -0.2) is 4.39 Å². The topological polar surface area (TPSA) is 34.6 Å². The molecule has 0 bridgehead atoms. The molecule has 1 atom stereocenters. The molecule has 0 saturated carbocycles. The van der Waals surface area contributed by atoms with Crippen molar-refractivity contribution >= 4 is 15.9 Å². The summed E-state index contributed by atoms with van der Waals surface area (Å²) in [5, 5.41) is 0. The highest BCUT2D eigenvalue weighted by Gasteiger charge is 2.27. The van der Waals surface area contributed by atoms with Crippen LogP contribution in [0.15, 0.2) is 47.1 Å². The van der Waals surface area contributed by atoms with Crippen LogP contribution in [0.1, 0.15) is 11.9 Å². The second kappa shape index (κ2) is 7.17. The zero-order chi connectivity index (χ0) is 15.4. The number of pyridine rings is 1. The van der Waals surface area contributed by atoms with Crippen molar-refractivity contribution in [1.29, 1.82) is 0 Å². The van der Waals surface area contributed by atoms with E-state index in [1.807, 2.05) is 18.2 Å². The Morgan fingerprint density at radius 1 is 1.18 bits per heavy atom. The highest BCUT2D eigenvalue weighted by molar-refractivity contribution is 9.10. The molecule has 116 valence electrons. The van der Waals surface area contributed by atoms with Crippen molar-refractivity contribution < 1.29 is 13.9 Å². The van der Waals surface area contributed by atoms with Crippen molar-refractivity contribution in [3.05, 3.63) is 58.6 Å². The van der Waals surface area contributed by atoms with Crippen LogP contribution in [0.4, 0.5) is 4.39 Å². The molecule has 2 heterocycles. The van der Waals surface area contributed by atoms with E-state index in [4.69, 9.17) is 9.47 Å². The van der Waals surface area contributed by atoms with Gasteiger partial charge in [0.05, 0.1) is 23.4 Å². The number of nitrogens with zero attached hydrogens (tertiary/aromatic N) is 2. The molecule has 1 aliphatic heterocycles. The van der Waals surface area contributed by atoms with Crippen molar-refractivity contribution in [2.45, 2.75) is 6.23 Å². The van der Waals surface area contributed by atoms with Crippen LogP contribution in [0.5, 0.6) is 5.75 Å². The van der Waals surface area contributed by atoms with Crippen LogP contribution < -0.4 is 4.74 Å². The quantitative estimate of drug-likeness (QED) is 0.830. The Hall–Kier alpha value is -1.50. The summed E-state index contributed by atoms with van der Waals surface area (Å²) < 4.78 is 26.0. The van der Waals surface area contributed by atoms with Gasteiger partial charge in [0, 0.05) is 19.3 Å². The van der Waals surface area contributed by atoms with Gasteiger partial charge in [-0.15, -0.1) is 0 Å². The molecule has 1 aromatic carbocycles. The average Bonchev–Trinajstić information content (AvgIpc) is 2.56. The molecule has 0 radical (unpaired) electrons. The van der Waals surface area contributed by atoms with Gasteiger partial charge in [0.15, 0.2) is 17.8 Å². The Kier molecular flexibility index (Phi) is 5.02. The lowest BCUT2D eigenvalue weighted by Crippen LogP contribution is -2.41. The van der Waals surface area contributed by atoms with Crippen LogP contribution in [0.25, 0.3) is 0 Å². The van der Waals surface area contributed by atoms with Crippen molar-refractivity contribution in [1.82, 2.24) is 9.88 Å². The number of para-hydroxylation sites is 1. The minimum absolute atomic E-state index is 0.199. The first-order chi connectivity index (χ1) is 10.8. The van der Waals surface area contributed by atoms with E-state index in [1.54, 1.807) is 18.3 Å². The average molecular weight is 367 g/mol. The van der Waals surface area contributed by atoms with Gasteiger partial charge in [0.2, 0.25) is 0 Å². The van der Waals surface area contributed by atoms with Crippen molar-refractivity contribution in [2.24, 2.45) is 0 Å². The highest BCUT2D eigenvalue weighted by Crippen LogP contribution is 2.33. The molecule has 22 heavy (non-hydrogen) atoms. The van der Waals surface area contributed by atoms with E-state index in [9.17, 15) is 4.39 Å². The standard InChI is InChI=1S/C16H16BrFN2O2/c17-12-4-3-5-13(18)15(12)22-16(14-6-1-2-7-19-14)20-8-10-21-11-9-20/h1-7,16H,8-11H2/t16-/m0/s1. The van der Waals surface area contributed by atoms with Crippen LogP contribution in [0, 0.1) is 5.82 Å². The summed E-state index contributed by atoms with van der Waals surface area (Å²) in [6.45, 7) is 2.69. The number of hydrogen-bond donors (Lipinski definition) is 0. The van der Waals surface area contributed by atoms with E-state index in [-0.39, 0.29) is 5.75 Å². The molecule has 2 aromatic rings. The van der Waals surface area contributed by atoms with Gasteiger partial charge < -0.3 is 9.47 Å². The van der Waals surface area contributed by atoms with Gasteiger partial charge in [-0.2, -0.15) is 0 Å². The van der Waals surface area contributed by atoms with Crippen LogP contribution >= 0.6 is 15.9 Å². The summed E-state index contributed by atoms with van der Waals surface area (Å²) in [5.41, 5.74) is 0.750. The zero-order valence-electron chi connectivity index (χ0n) is 11.9. The number of hydrogen-bond acceptors (Lipinski definition) is 4. The number of benzene rings is 1. The molecule has 0 amide bonds. The maximum atomic E-state index is 14.1. The summed E-state index contributed by atoms with van der Waals surface area (Å²) in [7, 11) is 0. The van der Waals surface area contributed by atoms with Gasteiger partial charge in [0.1, 0.15) is 0 Å². The molecule has 3 rings (SSSR count). The van der Waals surface area contributed by atoms with Crippen molar-refractivity contribution in [2.75, 3.05) is 26.3 Å². The molecule has 1 aromatic heterocycles. The second-order valence-electron chi connectivity index (χ2n) is 4.92. The summed E-state index contributed by atoms with van der Waals surface area (Å²) in [6, 6.07) is 10.4. The summed E-state index contributed by atoms with van der Waals surface area (Å²) >= 11 is 3.34. The predicted molar refractivity (Wildman–Crippen MR) is 84.1 cm³/mol. The van der Waals surface area contributed by atoms with Gasteiger partial charge >= 0.3 is 0 Å². The van der Waals surface area contributed by atoms with E-state index in [2.05, 4.69) is 25.8 Å². The molecule has 0 N–H and O–H groups in total. The Morgan fingerprint density at radius 3 is 2.68 bits per heavy atom. The lowest BCUT2D eigenvalue weighted by Gasteiger charge is -2.34. The van der Waals surface area contributed by atoms with Gasteiger partial charge in [-0.3, -0.25) is 9.88 Å². The van der Waals surface area contributed by atoms with E-state index >= 15 is 0 Å². The zero-order valence-corrected chi connectivity index (χ0v) is 13.5. The third-order valence-corrected chi connectivity index (χ3v) is 4.09. The summed E-state index contributed by atoms with van der Waals surface area (Å²) in [6.07, 6.45) is 1.26. The number of ether oxygens (including phenoxy) is 2. The lowest BCUT2D eigenvalue weighted by molar-refractivity contribution is -0.0508. The summed E-state index contributed by atoms with van der Waals surface area (Å²) in [5.74, 6) is -0.201. The molecule has 1 fully saturated rings. The number of morpholine rings is 1. The van der Waals surface area contributed by atoms with E-state index in [0.717, 1.165) is 5.69 Å². The normalized spacial score (nSPS) is 17.2. The molecule has 1 saturated heterocycles. The molecule has 6 heteroatoms. The number of rotatable bonds is 4. The van der Waals surface area contributed by atoms with E-state index in [0.29, 0.717) is 30.8 Å². The Labute approximate surface area is 137 Å². The molecular formula is C16H16BrFN2O2. The maximum Gasteiger partial charge on any atom is 0.196 e. The third-order valence-electron chi connectivity index (χ3n) is 3.47. The number of halogens is 2. The minimum atomic E-state index is -0.446. The molecular weight excluding hydrogens is 351 g/mol. The van der Waals surface area contributed by atoms with Crippen molar-refractivity contribution in [3.63, 3.8) is 0 Å². The predicted octanol–water partition coefficient (Wildman–Crippen LogP) is 3.39. The van der Waals surface area contributed by atoms with Gasteiger partial charge in [0.25, 0.3) is 0 Å². The van der Waals surface area contributed by atoms with E-state index < -0.39 is 12.0 Å². The highest BCUT2D eigenvalue weighted by atomic mass is 79.9. The molecule has 0 aliphatic carbocycles. The minimum Gasteiger partial charge on any atom is -0.465 e. The second-order valence-corrected chi connectivity index (χ2v) is 5.78. The SMILES string of the molecule is Fc1cccc(Br)c1O[C@@H](c1ccccn1)N1CCOCC1.